The summed E-state index contributed by atoms with van der Waals surface area (Å²) < 4.78 is 5.37. The minimum absolute atomic E-state index is 0.150. The van der Waals surface area contributed by atoms with Crippen molar-refractivity contribution in [1.29, 1.82) is 0 Å². The molecule has 6 heteroatoms. The van der Waals surface area contributed by atoms with Gasteiger partial charge in [-0.25, -0.2) is 4.98 Å². The molecule has 160 valence electrons. The van der Waals surface area contributed by atoms with Gasteiger partial charge in [-0.1, -0.05) is 18.2 Å². The molecule has 0 saturated carbocycles. The molecule has 1 atom stereocenters. The average Bonchev–Trinajstić information content (AvgIpc) is 3.33. The lowest BCUT2D eigenvalue weighted by molar-refractivity contribution is -0.152. The minimum Gasteiger partial charge on any atom is -0.459 e. The van der Waals surface area contributed by atoms with Crippen molar-refractivity contribution >= 4 is 23.2 Å². The molecule has 0 bridgehead atoms. The quantitative estimate of drug-likeness (QED) is 0.757. The number of esters is 1. The lowest BCUT2D eigenvalue weighted by atomic mass is 9.86. The third kappa shape index (κ3) is 4.86. The first kappa shape index (κ1) is 20.5. The molecule has 6 nitrogen and oxygen atoms in total. The Kier molecular flexibility index (Phi) is 5.58. The Morgan fingerprint density at radius 2 is 1.80 bits per heavy atom. The Labute approximate surface area is 179 Å². The molecule has 2 aromatic rings. The van der Waals surface area contributed by atoms with Gasteiger partial charge in [-0.2, -0.15) is 0 Å². The molecule has 2 fully saturated rings. The van der Waals surface area contributed by atoms with Crippen LogP contribution in [0.3, 0.4) is 0 Å². The molecule has 3 heterocycles. The van der Waals surface area contributed by atoms with Crippen LogP contribution in [0.4, 0.5) is 17.2 Å². The van der Waals surface area contributed by atoms with E-state index in [1.54, 1.807) is 0 Å². The molecular formula is C24H32N4O2. The number of carbonyl (C=O) groups excluding carboxylic acids is 1. The maximum absolute atomic E-state index is 12.0. The number of nitrogens with zero attached hydrogens (tertiary/aromatic N) is 3. The van der Waals surface area contributed by atoms with Crippen molar-refractivity contribution in [3.63, 3.8) is 0 Å². The highest BCUT2D eigenvalue weighted by molar-refractivity contribution is 5.75. The summed E-state index contributed by atoms with van der Waals surface area (Å²) in [5.74, 6) is 0.715. The summed E-state index contributed by atoms with van der Waals surface area (Å²) in [5.41, 5.74) is 2.07. The van der Waals surface area contributed by atoms with E-state index < -0.39 is 5.60 Å². The van der Waals surface area contributed by atoms with Crippen LogP contribution in [0, 0.1) is 5.41 Å². The van der Waals surface area contributed by atoms with Crippen LogP contribution in [0.5, 0.6) is 0 Å². The largest absolute Gasteiger partial charge is 0.459 e. The zero-order valence-electron chi connectivity index (χ0n) is 18.2. The molecule has 1 aromatic heterocycles. The first-order valence-corrected chi connectivity index (χ1v) is 10.8. The van der Waals surface area contributed by atoms with Crippen molar-refractivity contribution in [1.82, 2.24) is 4.98 Å². The van der Waals surface area contributed by atoms with Gasteiger partial charge in [0, 0.05) is 55.2 Å². The zero-order chi connectivity index (χ0) is 21.2. The maximum atomic E-state index is 12.0. The Morgan fingerprint density at radius 3 is 2.53 bits per heavy atom. The normalized spacial score (nSPS) is 21.3. The molecule has 1 unspecified atom stereocenters. The summed E-state index contributed by atoms with van der Waals surface area (Å²) in [5, 5.41) is 3.17. The molecular weight excluding hydrogens is 376 g/mol. The summed E-state index contributed by atoms with van der Waals surface area (Å²) >= 11 is 0. The number of anilines is 3. The van der Waals surface area contributed by atoms with Crippen LogP contribution < -0.4 is 15.1 Å². The van der Waals surface area contributed by atoms with Crippen molar-refractivity contribution < 1.29 is 9.53 Å². The first-order valence-electron chi connectivity index (χ1n) is 10.8. The van der Waals surface area contributed by atoms with E-state index in [1.165, 1.54) is 18.5 Å². The lowest BCUT2D eigenvalue weighted by Gasteiger charge is -2.26. The van der Waals surface area contributed by atoms with E-state index in [-0.39, 0.29) is 12.5 Å². The fourth-order valence-corrected chi connectivity index (χ4v) is 4.51. The average molecular weight is 409 g/mol. The molecule has 2 saturated heterocycles. The van der Waals surface area contributed by atoms with Gasteiger partial charge < -0.3 is 19.9 Å². The fraction of sp³-hybridized carbons (Fsp3) is 0.500. The van der Waals surface area contributed by atoms with Crippen molar-refractivity contribution in [3.8, 4) is 0 Å². The van der Waals surface area contributed by atoms with Crippen molar-refractivity contribution in [2.24, 2.45) is 5.41 Å². The highest BCUT2D eigenvalue weighted by Crippen LogP contribution is 2.42. The van der Waals surface area contributed by atoms with Crippen molar-refractivity contribution in [2.45, 2.75) is 39.2 Å². The summed E-state index contributed by atoms with van der Waals surface area (Å²) in [4.78, 5) is 21.5. The smallest absolute Gasteiger partial charge is 0.325 e. The van der Waals surface area contributed by atoms with Gasteiger partial charge in [-0.15, -0.1) is 0 Å². The molecule has 4 rings (SSSR count). The standard InChI is InChI=1S/C24H32N4O2/c1-23(2,3)30-22(29)16-26-19-9-12-25-21(15-19)28-14-11-24(18-28)10-13-27(17-24)20-7-5-4-6-8-20/h4-9,12,15H,10-11,13-14,16-18H2,1-3H3,(H,25,26). The predicted molar refractivity (Wildman–Crippen MR) is 121 cm³/mol. The van der Waals surface area contributed by atoms with Gasteiger partial charge in [0.05, 0.1) is 0 Å². The molecule has 2 aliphatic heterocycles. The van der Waals surface area contributed by atoms with Gasteiger partial charge >= 0.3 is 5.97 Å². The van der Waals surface area contributed by atoms with Gasteiger partial charge in [-0.05, 0) is 51.8 Å². The Balaban J connectivity index is 1.36. The Hall–Kier alpha value is -2.76. The van der Waals surface area contributed by atoms with Gasteiger partial charge in [0.15, 0.2) is 0 Å². The van der Waals surface area contributed by atoms with E-state index in [9.17, 15) is 4.79 Å². The SMILES string of the molecule is CC(C)(C)OC(=O)CNc1ccnc(N2CCC3(CCN(c4ccccc4)C3)C2)c1. The maximum Gasteiger partial charge on any atom is 0.325 e. The molecule has 0 aliphatic carbocycles. The summed E-state index contributed by atoms with van der Waals surface area (Å²) in [7, 11) is 0. The topological polar surface area (TPSA) is 57.7 Å². The number of aromatic nitrogens is 1. The van der Waals surface area contributed by atoms with Gasteiger partial charge in [-0.3, -0.25) is 4.79 Å². The van der Waals surface area contributed by atoms with Crippen molar-refractivity contribution in [2.75, 3.05) is 47.8 Å². The summed E-state index contributed by atoms with van der Waals surface area (Å²) in [6.45, 7) is 10.0. The summed E-state index contributed by atoms with van der Waals surface area (Å²) in [6.07, 6.45) is 4.21. The fourth-order valence-electron chi connectivity index (χ4n) is 4.51. The number of nitrogens with one attached hydrogen (secondary N) is 1. The molecule has 1 aromatic carbocycles. The third-order valence-electron chi connectivity index (χ3n) is 5.92. The van der Waals surface area contributed by atoms with Crippen molar-refractivity contribution in [3.05, 3.63) is 48.7 Å². The van der Waals surface area contributed by atoms with Gasteiger partial charge in [0.2, 0.25) is 0 Å². The van der Waals surface area contributed by atoms with E-state index >= 15 is 0 Å². The second kappa shape index (κ2) is 8.17. The molecule has 2 aliphatic rings. The molecule has 0 amide bonds. The van der Waals surface area contributed by atoms with Crippen LogP contribution in [0.25, 0.3) is 0 Å². The first-order chi connectivity index (χ1) is 14.3. The third-order valence-corrected chi connectivity index (χ3v) is 5.92. The number of ether oxygens (including phenoxy) is 1. The van der Waals surface area contributed by atoms with E-state index in [0.29, 0.717) is 5.41 Å². The van der Waals surface area contributed by atoms with E-state index in [0.717, 1.165) is 37.7 Å². The second-order valence-corrected chi connectivity index (χ2v) is 9.52. The van der Waals surface area contributed by atoms with Crippen LogP contribution in [0.1, 0.15) is 33.6 Å². The van der Waals surface area contributed by atoms with Gasteiger partial charge in [0.1, 0.15) is 18.0 Å². The Morgan fingerprint density at radius 1 is 1.10 bits per heavy atom. The molecule has 1 spiro atoms. The highest BCUT2D eigenvalue weighted by atomic mass is 16.6. The van der Waals surface area contributed by atoms with Crippen LogP contribution >= 0.6 is 0 Å². The monoisotopic (exact) mass is 408 g/mol. The minimum atomic E-state index is -0.471. The summed E-state index contributed by atoms with van der Waals surface area (Å²) in [6, 6.07) is 14.6. The molecule has 1 N–H and O–H groups in total. The predicted octanol–water partition coefficient (Wildman–Crippen LogP) is 3.94. The lowest BCUT2D eigenvalue weighted by Crippen LogP contribution is -2.31. The molecule has 0 radical (unpaired) electrons. The zero-order valence-corrected chi connectivity index (χ0v) is 18.2. The number of hydrogen-bond acceptors (Lipinski definition) is 6. The number of para-hydroxylation sites is 1. The second-order valence-electron chi connectivity index (χ2n) is 9.52. The number of carbonyl (C=O) groups is 1. The number of hydrogen-bond donors (Lipinski definition) is 1. The van der Waals surface area contributed by atoms with E-state index in [4.69, 9.17) is 4.74 Å². The van der Waals surface area contributed by atoms with E-state index in [2.05, 4.69) is 50.4 Å². The van der Waals surface area contributed by atoms with Crippen LogP contribution in [-0.2, 0) is 9.53 Å². The Bertz CT molecular complexity index is 880. The van der Waals surface area contributed by atoms with Crippen LogP contribution in [-0.4, -0.2) is 49.3 Å². The number of benzene rings is 1. The van der Waals surface area contributed by atoms with Crippen LogP contribution in [0.2, 0.25) is 0 Å². The number of pyridine rings is 1. The van der Waals surface area contributed by atoms with Gasteiger partial charge in [0.25, 0.3) is 0 Å². The molecule has 30 heavy (non-hydrogen) atoms. The van der Waals surface area contributed by atoms with E-state index in [1.807, 2.05) is 39.1 Å². The van der Waals surface area contributed by atoms with Crippen LogP contribution in [0.15, 0.2) is 48.7 Å². The highest BCUT2D eigenvalue weighted by Gasteiger charge is 2.43. The number of rotatable bonds is 5.